The molecule has 2 rings (SSSR count). The number of carbonyl (C=O) groups is 1. The fraction of sp³-hybridized carbons (Fsp3) is 0.235. The fourth-order valence-electron chi connectivity index (χ4n) is 2.02. The van der Waals surface area contributed by atoms with Crippen LogP contribution in [-0.2, 0) is 0 Å². The molecule has 0 radical (unpaired) electrons. The van der Waals surface area contributed by atoms with Crippen LogP contribution >= 0.6 is 0 Å². The standard InChI is InChI=1S/C17H20N2O/c1-11(2)13-5-7-14(8-6-13)19-17(20)15-10-12(3)4-9-16(15)18/h4-11H,18H2,1-3H3,(H,19,20). The molecule has 1 amide bonds. The second-order valence-electron chi connectivity index (χ2n) is 5.32. The summed E-state index contributed by atoms with van der Waals surface area (Å²) in [4.78, 5) is 12.2. The maximum Gasteiger partial charge on any atom is 0.257 e. The van der Waals surface area contributed by atoms with Crippen LogP contribution in [0.25, 0.3) is 0 Å². The quantitative estimate of drug-likeness (QED) is 0.828. The van der Waals surface area contributed by atoms with Crippen molar-refractivity contribution in [1.29, 1.82) is 0 Å². The van der Waals surface area contributed by atoms with Gasteiger partial charge >= 0.3 is 0 Å². The van der Waals surface area contributed by atoms with Crippen LogP contribution in [0.1, 0.15) is 41.3 Å². The lowest BCUT2D eigenvalue weighted by Crippen LogP contribution is -2.14. The van der Waals surface area contributed by atoms with Crippen LogP contribution in [-0.4, -0.2) is 5.91 Å². The number of rotatable bonds is 3. The van der Waals surface area contributed by atoms with E-state index in [2.05, 4.69) is 19.2 Å². The van der Waals surface area contributed by atoms with E-state index in [-0.39, 0.29) is 5.91 Å². The van der Waals surface area contributed by atoms with E-state index >= 15 is 0 Å². The summed E-state index contributed by atoms with van der Waals surface area (Å²) in [5.41, 5.74) is 9.89. The molecule has 3 heteroatoms. The average molecular weight is 268 g/mol. The molecule has 0 aliphatic rings. The minimum atomic E-state index is -0.177. The Balaban J connectivity index is 2.17. The van der Waals surface area contributed by atoms with E-state index in [9.17, 15) is 4.79 Å². The van der Waals surface area contributed by atoms with Crippen LogP contribution in [0, 0.1) is 6.92 Å². The summed E-state index contributed by atoms with van der Waals surface area (Å²) < 4.78 is 0. The summed E-state index contributed by atoms with van der Waals surface area (Å²) in [6.07, 6.45) is 0. The molecule has 104 valence electrons. The predicted molar refractivity (Wildman–Crippen MR) is 84.1 cm³/mol. The van der Waals surface area contributed by atoms with Crippen LogP contribution in [0.3, 0.4) is 0 Å². The van der Waals surface area contributed by atoms with E-state index < -0.39 is 0 Å². The van der Waals surface area contributed by atoms with E-state index in [4.69, 9.17) is 5.73 Å². The van der Waals surface area contributed by atoms with Gasteiger partial charge in [-0.25, -0.2) is 0 Å². The zero-order valence-electron chi connectivity index (χ0n) is 12.1. The molecule has 0 spiro atoms. The van der Waals surface area contributed by atoms with E-state index in [1.165, 1.54) is 5.56 Å². The zero-order valence-corrected chi connectivity index (χ0v) is 12.1. The lowest BCUT2D eigenvalue weighted by Gasteiger charge is -2.10. The van der Waals surface area contributed by atoms with E-state index in [0.717, 1.165) is 11.3 Å². The first-order valence-electron chi connectivity index (χ1n) is 6.75. The minimum absolute atomic E-state index is 0.177. The molecule has 0 heterocycles. The number of aryl methyl sites for hydroxylation is 1. The van der Waals surface area contributed by atoms with Crippen LogP contribution in [0.15, 0.2) is 42.5 Å². The second kappa shape index (κ2) is 5.78. The summed E-state index contributed by atoms with van der Waals surface area (Å²) >= 11 is 0. The third-order valence-corrected chi connectivity index (χ3v) is 3.29. The van der Waals surface area contributed by atoms with Crippen LogP contribution in [0.2, 0.25) is 0 Å². The molecule has 0 atom stereocenters. The van der Waals surface area contributed by atoms with Gasteiger partial charge < -0.3 is 11.1 Å². The number of amides is 1. The number of nitrogen functional groups attached to an aromatic ring is 1. The van der Waals surface area contributed by atoms with Crippen molar-refractivity contribution in [1.82, 2.24) is 0 Å². The summed E-state index contributed by atoms with van der Waals surface area (Å²) in [5, 5.41) is 2.87. The molecule has 0 unspecified atom stereocenters. The van der Waals surface area contributed by atoms with Gasteiger partial charge in [-0.3, -0.25) is 4.79 Å². The van der Waals surface area contributed by atoms with Crippen molar-refractivity contribution >= 4 is 17.3 Å². The SMILES string of the molecule is Cc1ccc(N)c(C(=O)Nc2ccc(C(C)C)cc2)c1. The maximum atomic E-state index is 12.2. The molecule has 0 bridgehead atoms. The molecule has 0 fully saturated rings. The summed E-state index contributed by atoms with van der Waals surface area (Å²) in [7, 11) is 0. The smallest absolute Gasteiger partial charge is 0.257 e. The van der Waals surface area contributed by atoms with E-state index in [1.807, 2.05) is 37.3 Å². The van der Waals surface area contributed by atoms with E-state index in [0.29, 0.717) is 17.2 Å². The molecule has 0 aliphatic carbocycles. The summed E-state index contributed by atoms with van der Waals surface area (Å²) in [5.74, 6) is 0.302. The zero-order chi connectivity index (χ0) is 14.7. The number of hydrogen-bond acceptors (Lipinski definition) is 2. The van der Waals surface area contributed by atoms with Gasteiger partial charge in [-0.2, -0.15) is 0 Å². The maximum absolute atomic E-state index is 12.2. The average Bonchev–Trinajstić information content (AvgIpc) is 2.42. The highest BCUT2D eigenvalue weighted by atomic mass is 16.1. The van der Waals surface area contributed by atoms with Crippen LogP contribution in [0.4, 0.5) is 11.4 Å². The molecular weight excluding hydrogens is 248 g/mol. The van der Waals surface area contributed by atoms with Crippen LogP contribution < -0.4 is 11.1 Å². The molecule has 3 N–H and O–H groups in total. The topological polar surface area (TPSA) is 55.1 Å². The predicted octanol–water partition coefficient (Wildman–Crippen LogP) is 3.95. The molecular formula is C17H20N2O. The lowest BCUT2D eigenvalue weighted by molar-refractivity contribution is 0.102. The minimum Gasteiger partial charge on any atom is -0.398 e. The number of nitrogens with one attached hydrogen (secondary N) is 1. The Hall–Kier alpha value is -2.29. The third kappa shape index (κ3) is 3.18. The van der Waals surface area contributed by atoms with Gasteiger partial charge in [0.1, 0.15) is 0 Å². The van der Waals surface area contributed by atoms with Crippen molar-refractivity contribution in [3.63, 3.8) is 0 Å². The molecule has 0 aliphatic heterocycles. The van der Waals surface area contributed by atoms with Gasteiger partial charge in [0.05, 0.1) is 5.56 Å². The Morgan fingerprint density at radius 1 is 1.10 bits per heavy atom. The number of carbonyl (C=O) groups excluding carboxylic acids is 1. The first-order valence-corrected chi connectivity index (χ1v) is 6.75. The molecule has 2 aromatic rings. The van der Waals surface area contributed by atoms with Gasteiger partial charge in [-0.05, 0) is 42.7 Å². The Bertz CT molecular complexity index is 615. The largest absolute Gasteiger partial charge is 0.398 e. The van der Waals surface area contributed by atoms with Crippen molar-refractivity contribution in [2.24, 2.45) is 0 Å². The molecule has 0 saturated carbocycles. The van der Waals surface area contributed by atoms with Gasteiger partial charge in [-0.15, -0.1) is 0 Å². The Morgan fingerprint density at radius 2 is 1.75 bits per heavy atom. The first-order chi connectivity index (χ1) is 9.47. The Kier molecular flexibility index (Phi) is 4.08. The van der Waals surface area contributed by atoms with Gasteiger partial charge in [-0.1, -0.05) is 37.6 Å². The third-order valence-electron chi connectivity index (χ3n) is 3.29. The number of nitrogens with two attached hydrogens (primary N) is 1. The highest BCUT2D eigenvalue weighted by Crippen LogP contribution is 2.19. The van der Waals surface area contributed by atoms with Gasteiger partial charge in [0, 0.05) is 11.4 Å². The number of hydrogen-bond donors (Lipinski definition) is 2. The highest BCUT2D eigenvalue weighted by Gasteiger charge is 2.10. The monoisotopic (exact) mass is 268 g/mol. The Labute approximate surface area is 119 Å². The Morgan fingerprint density at radius 3 is 2.35 bits per heavy atom. The second-order valence-corrected chi connectivity index (χ2v) is 5.32. The molecule has 0 saturated heterocycles. The normalized spacial score (nSPS) is 10.6. The fourth-order valence-corrected chi connectivity index (χ4v) is 2.02. The first kappa shape index (κ1) is 14.1. The molecule has 20 heavy (non-hydrogen) atoms. The van der Waals surface area contributed by atoms with Crippen molar-refractivity contribution in [3.8, 4) is 0 Å². The lowest BCUT2D eigenvalue weighted by atomic mass is 10.0. The van der Waals surface area contributed by atoms with Gasteiger partial charge in [0.15, 0.2) is 0 Å². The number of anilines is 2. The number of benzene rings is 2. The molecule has 3 nitrogen and oxygen atoms in total. The van der Waals surface area contributed by atoms with E-state index in [1.54, 1.807) is 12.1 Å². The summed E-state index contributed by atoms with van der Waals surface area (Å²) in [6.45, 7) is 6.22. The van der Waals surface area contributed by atoms with Crippen molar-refractivity contribution in [2.75, 3.05) is 11.1 Å². The van der Waals surface area contributed by atoms with Crippen molar-refractivity contribution in [3.05, 3.63) is 59.2 Å². The van der Waals surface area contributed by atoms with Crippen molar-refractivity contribution in [2.45, 2.75) is 26.7 Å². The highest BCUT2D eigenvalue weighted by molar-refractivity contribution is 6.07. The van der Waals surface area contributed by atoms with Crippen molar-refractivity contribution < 1.29 is 4.79 Å². The van der Waals surface area contributed by atoms with Gasteiger partial charge in [0.25, 0.3) is 5.91 Å². The molecule has 0 aromatic heterocycles. The summed E-state index contributed by atoms with van der Waals surface area (Å²) in [6, 6.07) is 13.3. The van der Waals surface area contributed by atoms with Crippen LogP contribution in [0.5, 0.6) is 0 Å². The van der Waals surface area contributed by atoms with Gasteiger partial charge in [0.2, 0.25) is 0 Å². The molecule has 2 aromatic carbocycles.